The van der Waals surface area contributed by atoms with Gasteiger partial charge in [-0.15, -0.1) is 0 Å². The fourth-order valence-corrected chi connectivity index (χ4v) is 1.31. The Morgan fingerprint density at radius 1 is 1.47 bits per heavy atom. The van der Waals surface area contributed by atoms with Crippen molar-refractivity contribution in [1.82, 2.24) is 10.1 Å². The van der Waals surface area contributed by atoms with Gasteiger partial charge in [-0.25, -0.2) is 4.39 Å². The van der Waals surface area contributed by atoms with E-state index < -0.39 is 5.82 Å². The lowest BCUT2D eigenvalue weighted by Crippen LogP contribution is -2.16. The summed E-state index contributed by atoms with van der Waals surface area (Å²) < 4.78 is 17.8. The van der Waals surface area contributed by atoms with Gasteiger partial charge in [0, 0.05) is 19.7 Å². The zero-order chi connectivity index (χ0) is 12.4. The van der Waals surface area contributed by atoms with Gasteiger partial charge in [-0.3, -0.25) is 0 Å². The summed E-state index contributed by atoms with van der Waals surface area (Å²) in [6.07, 6.45) is 0. The molecule has 0 unspecified atom stereocenters. The van der Waals surface area contributed by atoms with Crippen molar-refractivity contribution in [3.8, 4) is 17.2 Å². The van der Waals surface area contributed by atoms with Gasteiger partial charge in [0.1, 0.15) is 11.6 Å². The molecule has 0 atom stereocenters. The Morgan fingerprint density at radius 3 is 2.88 bits per heavy atom. The Hall–Kier alpha value is -2.11. The smallest absolute Gasteiger partial charge is 0.266 e. The number of aromatic nitrogens is 2. The Bertz CT molecular complexity index is 527. The van der Waals surface area contributed by atoms with Crippen LogP contribution in [-0.4, -0.2) is 28.8 Å². The summed E-state index contributed by atoms with van der Waals surface area (Å²) in [5.41, 5.74) is 0.314. The minimum Gasteiger partial charge on any atom is -0.507 e. The van der Waals surface area contributed by atoms with E-state index in [0.29, 0.717) is 11.5 Å². The first-order chi connectivity index (χ1) is 8.11. The second kappa shape index (κ2) is 4.40. The van der Waals surface area contributed by atoms with E-state index in [1.165, 1.54) is 12.1 Å². The number of halogens is 1. The van der Waals surface area contributed by atoms with Crippen molar-refractivity contribution < 1.29 is 14.0 Å². The highest BCUT2D eigenvalue weighted by molar-refractivity contribution is 5.62. The number of hydrogen-bond acceptors (Lipinski definition) is 5. The van der Waals surface area contributed by atoms with E-state index in [0.717, 1.165) is 12.6 Å². The molecule has 5 nitrogen and oxygen atoms in total. The third-order valence-corrected chi connectivity index (χ3v) is 2.42. The van der Waals surface area contributed by atoms with Crippen LogP contribution < -0.4 is 4.90 Å². The molecule has 0 spiro atoms. The van der Waals surface area contributed by atoms with E-state index in [9.17, 15) is 9.50 Å². The number of aromatic hydroxyl groups is 1. The SMILES string of the molecule is CCN(C)c1noc(-c2ccc(F)cc2O)n1. The Labute approximate surface area is 97.5 Å². The lowest BCUT2D eigenvalue weighted by molar-refractivity contribution is 0.423. The average molecular weight is 237 g/mol. The average Bonchev–Trinajstić information content (AvgIpc) is 2.77. The Kier molecular flexibility index (Phi) is 2.95. The van der Waals surface area contributed by atoms with Gasteiger partial charge >= 0.3 is 0 Å². The van der Waals surface area contributed by atoms with Crippen LogP contribution in [0.2, 0.25) is 0 Å². The molecule has 0 radical (unpaired) electrons. The molecule has 90 valence electrons. The largest absolute Gasteiger partial charge is 0.507 e. The molecule has 0 aliphatic rings. The van der Waals surface area contributed by atoms with Gasteiger partial charge in [-0.2, -0.15) is 4.98 Å². The molecule has 2 rings (SSSR count). The van der Waals surface area contributed by atoms with Crippen molar-refractivity contribution in [2.75, 3.05) is 18.5 Å². The highest BCUT2D eigenvalue weighted by Gasteiger charge is 2.14. The normalized spacial score (nSPS) is 10.5. The first-order valence-corrected chi connectivity index (χ1v) is 5.15. The summed E-state index contributed by atoms with van der Waals surface area (Å²) in [4.78, 5) is 5.89. The molecule has 0 saturated carbocycles. The van der Waals surface area contributed by atoms with Crippen LogP contribution in [0.4, 0.5) is 10.3 Å². The lowest BCUT2D eigenvalue weighted by Gasteiger charge is -2.08. The molecule has 1 aromatic heterocycles. The van der Waals surface area contributed by atoms with E-state index >= 15 is 0 Å². The Morgan fingerprint density at radius 2 is 2.24 bits per heavy atom. The molecule has 2 aromatic rings. The van der Waals surface area contributed by atoms with Crippen molar-refractivity contribution >= 4 is 5.95 Å². The van der Waals surface area contributed by atoms with Crippen molar-refractivity contribution in [1.29, 1.82) is 0 Å². The van der Waals surface area contributed by atoms with Gasteiger partial charge in [-0.1, -0.05) is 0 Å². The molecule has 1 N–H and O–H groups in total. The van der Waals surface area contributed by atoms with Gasteiger partial charge in [0.25, 0.3) is 11.8 Å². The van der Waals surface area contributed by atoms with Crippen molar-refractivity contribution in [3.63, 3.8) is 0 Å². The zero-order valence-corrected chi connectivity index (χ0v) is 9.51. The maximum Gasteiger partial charge on any atom is 0.266 e. The van der Waals surface area contributed by atoms with Crippen LogP contribution in [0.15, 0.2) is 22.7 Å². The molecular formula is C11H12FN3O2. The van der Waals surface area contributed by atoms with Crippen molar-refractivity contribution in [3.05, 3.63) is 24.0 Å². The van der Waals surface area contributed by atoms with E-state index in [-0.39, 0.29) is 11.6 Å². The number of phenolic OH excluding ortho intramolecular Hbond substituents is 1. The van der Waals surface area contributed by atoms with Crippen LogP contribution in [0, 0.1) is 5.82 Å². The van der Waals surface area contributed by atoms with Gasteiger partial charge in [-0.05, 0) is 24.2 Å². The summed E-state index contributed by atoms with van der Waals surface area (Å²) >= 11 is 0. The van der Waals surface area contributed by atoms with Crippen LogP contribution in [0.1, 0.15) is 6.92 Å². The second-order valence-corrected chi connectivity index (χ2v) is 3.58. The third-order valence-electron chi connectivity index (χ3n) is 2.42. The molecule has 0 amide bonds. The van der Waals surface area contributed by atoms with Crippen LogP contribution in [-0.2, 0) is 0 Å². The van der Waals surface area contributed by atoms with Crippen LogP contribution >= 0.6 is 0 Å². The minimum atomic E-state index is -0.517. The molecule has 1 aromatic carbocycles. The number of anilines is 1. The molecular weight excluding hydrogens is 225 g/mol. The summed E-state index contributed by atoms with van der Waals surface area (Å²) in [6.45, 7) is 2.68. The third kappa shape index (κ3) is 2.20. The van der Waals surface area contributed by atoms with Gasteiger partial charge in [0.2, 0.25) is 0 Å². The molecule has 0 fully saturated rings. The number of benzene rings is 1. The van der Waals surface area contributed by atoms with E-state index in [1.807, 2.05) is 14.0 Å². The van der Waals surface area contributed by atoms with E-state index in [4.69, 9.17) is 4.52 Å². The highest BCUT2D eigenvalue weighted by atomic mass is 19.1. The predicted octanol–water partition coefficient (Wildman–Crippen LogP) is 2.04. The fourth-order valence-electron chi connectivity index (χ4n) is 1.31. The fraction of sp³-hybridized carbons (Fsp3) is 0.273. The Balaban J connectivity index is 2.37. The highest BCUT2D eigenvalue weighted by Crippen LogP contribution is 2.29. The topological polar surface area (TPSA) is 62.4 Å². The summed E-state index contributed by atoms with van der Waals surface area (Å²) in [7, 11) is 1.82. The maximum absolute atomic E-state index is 12.8. The van der Waals surface area contributed by atoms with Crippen LogP contribution in [0.5, 0.6) is 5.75 Å². The van der Waals surface area contributed by atoms with Gasteiger partial charge in [0.05, 0.1) is 5.56 Å². The molecule has 0 aliphatic carbocycles. The van der Waals surface area contributed by atoms with Gasteiger partial charge in [0.15, 0.2) is 0 Å². The molecule has 1 heterocycles. The van der Waals surface area contributed by atoms with E-state index in [1.54, 1.807) is 4.90 Å². The first-order valence-electron chi connectivity index (χ1n) is 5.15. The van der Waals surface area contributed by atoms with Crippen LogP contribution in [0.3, 0.4) is 0 Å². The first kappa shape index (κ1) is 11.4. The number of hydrogen-bond donors (Lipinski definition) is 1. The molecule has 0 bridgehead atoms. The summed E-state index contributed by atoms with van der Waals surface area (Å²) in [5, 5.41) is 13.3. The summed E-state index contributed by atoms with van der Waals surface area (Å²) in [5.74, 6) is -0.153. The monoisotopic (exact) mass is 237 g/mol. The zero-order valence-electron chi connectivity index (χ0n) is 9.51. The molecule has 0 saturated heterocycles. The molecule has 0 aliphatic heterocycles. The molecule has 17 heavy (non-hydrogen) atoms. The van der Waals surface area contributed by atoms with E-state index in [2.05, 4.69) is 10.1 Å². The number of phenols is 1. The molecule has 6 heteroatoms. The summed E-state index contributed by atoms with van der Waals surface area (Å²) in [6, 6.07) is 3.62. The standard InChI is InChI=1S/C11H12FN3O2/c1-3-15(2)11-13-10(17-14-11)8-5-4-7(12)6-9(8)16/h4-6,16H,3H2,1-2H3. The van der Waals surface area contributed by atoms with Gasteiger partial charge < -0.3 is 14.5 Å². The number of rotatable bonds is 3. The van der Waals surface area contributed by atoms with Crippen LogP contribution in [0.25, 0.3) is 11.5 Å². The van der Waals surface area contributed by atoms with Crippen molar-refractivity contribution in [2.24, 2.45) is 0 Å². The number of nitrogens with zero attached hydrogens (tertiary/aromatic N) is 3. The predicted molar refractivity (Wildman–Crippen MR) is 60.3 cm³/mol. The maximum atomic E-state index is 12.8. The van der Waals surface area contributed by atoms with Crippen molar-refractivity contribution in [2.45, 2.75) is 6.92 Å². The lowest BCUT2D eigenvalue weighted by atomic mass is 10.2. The minimum absolute atomic E-state index is 0.165. The quantitative estimate of drug-likeness (QED) is 0.885. The second-order valence-electron chi connectivity index (χ2n) is 3.58.